The second-order valence-electron chi connectivity index (χ2n) is 3.49. The number of halogens is 2. The number of aliphatic hydroxyl groups excluding tert-OH is 1. The maximum absolute atomic E-state index is 9.43. The first-order valence-corrected chi connectivity index (χ1v) is 6.21. The van der Waals surface area contributed by atoms with Gasteiger partial charge < -0.3 is 5.11 Å². The Hall–Kier alpha value is -0.590. The molecule has 1 atom stereocenters. The molecule has 0 spiro atoms. The quantitative estimate of drug-likeness (QED) is 0.847. The van der Waals surface area contributed by atoms with E-state index in [0.29, 0.717) is 5.02 Å². The van der Waals surface area contributed by atoms with Crippen LogP contribution in [0.1, 0.15) is 18.6 Å². The molecule has 0 saturated carbocycles. The molecule has 0 radical (unpaired) electrons. The van der Waals surface area contributed by atoms with Crippen molar-refractivity contribution in [1.29, 1.82) is 0 Å². The average Bonchev–Trinajstić information content (AvgIpc) is 2.64. The molecule has 2 rings (SSSR count). The van der Waals surface area contributed by atoms with Crippen molar-refractivity contribution in [3.05, 3.63) is 44.7 Å². The predicted octanol–water partition coefficient (Wildman–Crippen LogP) is 3.18. The van der Waals surface area contributed by atoms with Gasteiger partial charge in [-0.1, -0.05) is 17.7 Å². The maximum Gasteiger partial charge on any atom is 0.0832 e. The molecule has 5 heteroatoms. The molecule has 1 aromatic carbocycles. The third-order valence-electron chi connectivity index (χ3n) is 2.25. The van der Waals surface area contributed by atoms with Gasteiger partial charge in [-0.25, -0.2) is 4.68 Å². The molecule has 0 aliphatic carbocycles. The minimum Gasteiger partial charge on any atom is -0.389 e. The number of hydrogen-bond donors (Lipinski definition) is 1. The molecule has 1 aromatic heterocycles. The highest BCUT2D eigenvalue weighted by Gasteiger charge is 2.07. The van der Waals surface area contributed by atoms with Crippen LogP contribution in [0.15, 0.2) is 30.6 Å². The van der Waals surface area contributed by atoms with E-state index < -0.39 is 6.10 Å². The van der Waals surface area contributed by atoms with Crippen molar-refractivity contribution in [2.75, 3.05) is 0 Å². The Bertz CT molecular complexity index is 510. The fourth-order valence-corrected chi connectivity index (χ4v) is 2.07. The van der Waals surface area contributed by atoms with E-state index in [-0.39, 0.29) is 0 Å². The molecule has 0 unspecified atom stereocenters. The van der Waals surface area contributed by atoms with Crippen molar-refractivity contribution in [3.8, 4) is 5.69 Å². The van der Waals surface area contributed by atoms with Crippen molar-refractivity contribution in [2.24, 2.45) is 0 Å². The highest BCUT2D eigenvalue weighted by Crippen LogP contribution is 2.24. The van der Waals surface area contributed by atoms with E-state index in [0.717, 1.165) is 14.8 Å². The molecule has 3 nitrogen and oxygen atoms in total. The topological polar surface area (TPSA) is 38.0 Å². The standard InChI is InChI=1S/C11H10ClIN2O/c1-7(16)8-2-3-11(10(12)4-8)15-6-9(13)5-14-15/h2-7,16H,1H3/t7-/m1/s1. The summed E-state index contributed by atoms with van der Waals surface area (Å²) in [6, 6.07) is 5.46. The van der Waals surface area contributed by atoms with Crippen LogP contribution >= 0.6 is 34.2 Å². The zero-order valence-electron chi connectivity index (χ0n) is 8.56. The molecule has 2 aromatic rings. The third-order valence-corrected chi connectivity index (χ3v) is 3.11. The zero-order valence-corrected chi connectivity index (χ0v) is 11.5. The minimum atomic E-state index is -0.510. The number of aromatic nitrogens is 2. The fraction of sp³-hybridized carbons (Fsp3) is 0.182. The van der Waals surface area contributed by atoms with Gasteiger partial charge in [-0.3, -0.25) is 0 Å². The summed E-state index contributed by atoms with van der Waals surface area (Å²) in [5.41, 5.74) is 1.62. The second kappa shape index (κ2) is 4.73. The lowest BCUT2D eigenvalue weighted by atomic mass is 10.1. The Morgan fingerprint density at radius 1 is 1.50 bits per heavy atom. The second-order valence-corrected chi connectivity index (χ2v) is 5.14. The summed E-state index contributed by atoms with van der Waals surface area (Å²) in [6.45, 7) is 1.71. The van der Waals surface area contributed by atoms with Crippen LogP contribution in [-0.4, -0.2) is 14.9 Å². The highest BCUT2D eigenvalue weighted by atomic mass is 127. The summed E-state index contributed by atoms with van der Waals surface area (Å²) < 4.78 is 2.77. The normalized spacial score (nSPS) is 12.8. The van der Waals surface area contributed by atoms with E-state index in [2.05, 4.69) is 27.7 Å². The van der Waals surface area contributed by atoms with Gasteiger partial charge in [-0.2, -0.15) is 5.10 Å². The largest absolute Gasteiger partial charge is 0.389 e. The van der Waals surface area contributed by atoms with Gasteiger partial charge in [-0.05, 0) is 47.2 Å². The van der Waals surface area contributed by atoms with Crippen LogP contribution in [0.5, 0.6) is 0 Å². The molecular formula is C11H10ClIN2O. The van der Waals surface area contributed by atoms with Crippen LogP contribution in [0.2, 0.25) is 5.02 Å². The predicted molar refractivity (Wildman–Crippen MR) is 71.9 cm³/mol. The van der Waals surface area contributed by atoms with Gasteiger partial charge in [0.2, 0.25) is 0 Å². The third kappa shape index (κ3) is 2.39. The van der Waals surface area contributed by atoms with Gasteiger partial charge in [-0.15, -0.1) is 0 Å². The Morgan fingerprint density at radius 2 is 2.25 bits per heavy atom. The number of hydrogen-bond acceptors (Lipinski definition) is 2. The summed E-state index contributed by atoms with van der Waals surface area (Å²) in [6.07, 6.45) is 3.15. The lowest BCUT2D eigenvalue weighted by Crippen LogP contribution is -1.97. The van der Waals surface area contributed by atoms with E-state index in [1.54, 1.807) is 23.9 Å². The Morgan fingerprint density at radius 3 is 2.75 bits per heavy atom. The molecular weight excluding hydrogens is 338 g/mol. The first-order chi connectivity index (χ1) is 7.58. The molecule has 0 saturated heterocycles. The zero-order chi connectivity index (χ0) is 11.7. The lowest BCUT2D eigenvalue weighted by molar-refractivity contribution is 0.199. The SMILES string of the molecule is C[C@@H](O)c1ccc(-n2cc(I)cn2)c(Cl)c1. The molecule has 0 aliphatic rings. The monoisotopic (exact) mass is 348 g/mol. The first-order valence-electron chi connectivity index (χ1n) is 4.76. The van der Waals surface area contributed by atoms with E-state index in [4.69, 9.17) is 11.6 Å². The van der Waals surface area contributed by atoms with Gasteiger partial charge in [0.25, 0.3) is 0 Å². The van der Waals surface area contributed by atoms with Gasteiger partial charge in [0.05, 0.1) is 26.6 Å². The van der Waals surface area contributed by atoms with Crippen molar-refractivity contribution in [2.45, 2.75) is 13.0 Å². The molecule has 1 N–H and O–H groups in total. The molecule has 0 amide bonds. The van der Waals surface area contributed by atoms with Crippen LogP contribution < -0.4 is 0 Å². The Balaban J connectivity index is 2.44. The van der Waals surface area contributed by atoms with Crippen molar-refractivity contribution in [3.63, 3.8) is 0 Å². The molecule has 0 fully saturated rings. The molecule has 1 heterocycles. The molecule has 0 aliphatic heterocycles. The number of aliphatic hydroxyl groups is 1. The maximum atomic E-state index is 9.43. The fourth-order valence-electron chi connectivity index (χ4n) is 1.40. The van der Waals surface area contributed by atoms with Gasteiger partial charge in [0.1, 0.15) is 0 Å². The first kappa shape index (κ1) is 11.9. The van der Waals surface area contributed by atoms with Crippen LogP contribution in [-0.2, 0) is 0 Å². The lowest BCUT2D eigenvalue weighted by Gasteiger charge is -2.08. The van der Waals surface area contributed by atoms with Crippen molar-refractivity contribution >= 4 is 34.2 Å². The Kier molecular flexibility index (Phi) is 3.51. The average molecular weight is 349 g/mol. The summed E-state index contributed by atoms with van der Waals surface area (Å²) in [5.74, 6) is 0. The summed E-state index contributed by atoms with van der Waals surface area (Å²) in [7, 11) is 0. The van der Waals surface area contributed by atoms with Gasteiger partial charge in [0, 0.05) is 6.20 Å². The highest BCUT2D eigenvalue weighted by molar-refractivity contribution is 14.1. The minimum absolute atomic E-state index is 0.510. The van der Waals surface area contributed by atoms with Crippen molar-refractivity contribution in [1.82, 2.24) is 9.78 Å². The number of nitrogens with zero attached hydrogens (tertiary/aromatic N) is 2. The molecule has 0 bridgehead atoms. The van der Waals surface area contributed by atoms with Crippen LogP contribution in [0, 0.1) is 3.57 Å². The molecule has 84 valence electrons. The van der Waals surface area contributed by atoms with E-state index >= 15 is 0 Å². The summed E-state index contributed by atoms with van der Waals surface area (Å²) in [5, 5.41) is 14.2. The van der Waals surface area contributed by atoms with E-state index in [9.17, 15) is 5.11 Å². The summed E-state index contributed by atoms with van der Waals surface area (Å²) in [4.78, 5) is 0. The molecule has 16 heavy (non-hydrogen) atoms. The van der Waals surface area contributed by atoms with Crippen molar-refractivity contribution < 1.29 is 5.11 Å². The van der Waals surface area contributed by atoms with Crippen LogP contribution in [0.25, 0.3) is 5.69 Å². The Labute approximate surface area is 112 Å². The van der Waals surface area contributed by atoms with E-state index in [1.165, 1.54) is 0 Å². The van der Waals surface area contributed by atoms with Gasteiger partial charge >= 0.3 is 0 Å². The number of rotatable bonds is 2. The van der Waals surface area contributed by atoms with Crippen LogP contribution in [0.4, 0.5) is 0 Å². The van der Waals surface area contributed by atoms with Crippen LogP contribution in [0.3, 0.4) is 0 Å². The summed E-state index contributed by atoms with van der Waals surface area (Å²) >= 11 is 8.33. The smallest absolute Gasteiger partial charge is 0.0832 e. The van der Waals surface area contributed by atoms with Gasteiger partial charge in [0.15, 0.2) is 0 Å². The van der Waals surface area contributed by atoms with E-state index in [1.807, 2.05) is 18.3 Å². The number of benzene rings is 1.